The topological polar surface area (TPSA) is 56.4 Å². The van der Waals surface area contributed by atoms with Crippen molar-refractivity contribution in [2.45, 2.75) is 20.3 Å². The number of nitrogens with zero attached hydrogens (tertiary/aromatic N) is 2. The molecule has 1 aliphatic heterocycles. The Labute approximate surface area is 125 Å². The molecule has 112 valence electrons. The van der Waals surface area contributed by atoms with E-state index in [4.69, 9.17) is 4.74 Å². The first-order valence-corrected chi connectivity index (χ1v) is 7.51. The van der Waals surface area contributed by atoms with Gasteiger partial charge in [0.2, 0.25) is 0 Å². The highest BCUT2D eigenvalue weighted by molar-refractivity contribution is 5.83. The van der Waals surface area contributed by atoms with Crippen LogP contribution in [0.3, 0.4) is 0 Å². The van der Waals surface area contributed by atoms with Crippen LogP contribution in [0, 0.1) is 6.92 Å². The highest BCUT2D eigenvalue weighted by Gasteiger charge is 2.14. The SMILES string of the molecule is CCc1c(-c2ccc[nH]2)[nH]c(C=NN2CCOCC2)c1C. The second kappa shape index (κ2) is 6.18. The summed E-state index contributed by atoms with van der Waals surface area (Å²) < 4.78 is 5.34. The standard InChI is InChI=1S/C16H22N4O/c1-3-13-12(2)15(11-18-20-7-9-21-10-8-20)19-16(13)14-5-4-6-17-14/h4-6,11,17,19H,3,7-10H2,1-2H3. The molecular formula is C16H22N4O. The summed E-state index contributed by atoms with van der Waals surface area (Å²) in [5, 5.41) is 6.63. The molecule has 3 heterocycles. The molecule has 0 atom stereocenters. The molecule has 5 nitrogen and oxygen atoms in total. The summed E-state index contributed by atoms with van der Waals surface area (Å²) >= 11 is 0. The van der Waals surface area contributed by atoms with Gasteiger partial charge >= 0.3 is 0 Å². The fraction of sp³-hybridized carbons (Fsp3) is 0.438. The van der Waals surface area contributed by atoms with Crippen LogP contribution in [0.5, 0.6) is 0 Å². The van der Waals surface area contributed by atoms with Crippen LogP contribution < -0.4 is 0 Å². The number of ether oxygens (including phenoxy) is 1. The summed E-state index contributed by atoms with van der Waals surface area (Å²) in [6.07, 6.45) is 4.89. The average molecular weight is 286 g/mol. The third kappa shape index (κ3) is 2.88. The number of H-pyrrole nitrogens is 2. The van der Waals surface area contributed by atoms with Crippen molar-refractivity contribution in [1.82, 2.24) is 15.0 Å². The van der Waals surface area contributed by atoms with E-state index in [2.05, 4.69) is 40.0 Å². The van der Waals surface area contributed by atoms with Gasteiger partial charge in [0.15, 0.2) is 0 Å². The molecule has 21 heavy (non-hydrogen) atoms. The Hall–Kier alpha value is -2.01. The summed E-state index contributed by atoms with van der Waals surface area (Å²) in [5.41, 5.74) is 6.01. The van der Waals surface area contributed by atoms with E-state index in [0.29, 0.717) is 0 Å². The lowest BCUT2D eigenvalue weighted by atomic mass is 10.1. The van der Waals surface area contributed by atoms with Crippen molar-refractivity contribution in [3.63, 3.8) is 0 Å². The third-order valence-electron chi connectivity index (χ3n) is 3.98. The lowest BCUT2D eigenvalue weighted by molar-refractivity contribution is 0.0396. The smallest absolute Gasteiger partial charge is 0.0708 e. The van der Waals surface area contributed by atoms with Gasteiger partial charge in [-0.1, -0.05) is 6.92 Å². The van der Waals surface area contributed by atoms with Gasteiger partial charge in [-0.05, 0) is 36.6 Å². The third-order valence-corrected chi connectivity index (χ3v) is 3.98. The van der Waals surface area contributed by atoms with Gasteiger partial charge in [0.1, 0.15) is 0 Å². The Morgan fingerprint density at radius 1 is 1.38 bits per heavy atom. The van der Waals surface area contributed by atoms with E-state index in [0.717, 1.165) is 44.1 Å². The van der Waals surface area contributed by atoms with Gasteiger partial charge in [-0.2, -0.15) is 5.10 Å². The maximum atomic E-state index is 5.34. The second-order valence-electron chi connectivity index (χ2n) is 5.27. The van der Waals surface area contributed by atoms with Crippen molar-refractivity contribution in [3.05, 3.63) is 35.2 Å². The van der Waals surface area contributed by atoms with Gasteiger partial charge < -0.3 is 14.7 Å². The molecule has 1 fully saturated rings. The van der Waals surface area contributed by atoms with Crippen LogP contribution >= 0.6 is 0 Å². The largest absolute Gasteiger partial charge is 0.378 e. The molecule has 0 aromatic carbocycles. The molecule has 2 aromatic rings. The Morgan fingerprint density at radius 3 is 2.86 bits per heavy atom. The fourth-order valence-electron chi connectivity index (χ4n) is 2.75. The van der Waals surface area contributed by atoms with E-state index in [9.17, 15) is 0 Å². The highest BCUT2D eigenvalue weighted by Crippen LogP contribution is 2.26. The molecule has 0 bridgehead atoms. The van der Waals surface area contributed by atoms with Gasteiger partial charge in [-0.15, -0.1) is 0 Å². The molecule has 1 saturated heterocycles. The highest BCUT2D eigenvalue weighted by atomic mass is 16.5. The zero-order valence-corrected chi connectivity index (χ0v) is 12.6. The number of hydrazone groups is 1. The van der Waals surface area contributed by atoms with Crippen molar-refractivity contribution in [2.75, 3.05) is 26.3 Å². The first-order valence-electron chi connectivity index (χ1n) is 7.51. The van der Waals surface area contributed by atoms with Crippen LogP contribution in [-0.2, 0) is 11.2 Å². The molecule has 0 saturated carbocycles. The van der Waals surface area contributed by atoms with E-state index < -0.39 is 0 Å². The minimum Gasteiger partial charge on any atom is -0.378 e. The van der Waals surface area contributed by atoms with E-state index in [-0.39, 0.29) is 0 Å². The Balaban J connectivity index is 1.87. The van der Waals surface area contributed by atoms with Gasteiger partial charge in [-0.3, -0.25) is 5.01 Å². The maximum Gasteiger partial charge on any atom is 0.0708 e. The zero-order chi connectivity index (χ0) is 14.7. The fourth-order valence-corrected chi connectivity index (χ4v) is 2.75. The molecule has 2 N–H and O–H groups in total. The second-order valence-corrected chi connectivity index (χ2v) is 5.27. The molecule has 0 amide bonds. The zero-order valence-electron chi connectivity index (χ0n) is 12.6. The van der Waals surface area contributed by atoms with Crippen molar-refractivity contribution >= 4 is 6.21 Å². The van der Waals surface area contributed by atoms with Gasteiger partial charge in [0.05, 0.1) is 49.6 Å². The maximum absolute atomic E-state index is 5.34. The summed E-state index contributed by atoms with van der Waals surface area (Å²) in [6, 6.07) is 4.11. The normalized spacial score (nSPS) is 16.0. The lowest BCUT2D eigenvalue weighted by Gasteiger charge is -2.23. The number of aromatic amines is 2. The lowest BCUT2D eigenvalue weighted by Crippen LogP contribution is -2.32. The predicted molar refractivity (Wildman–Crippen MR) is 84.7 cm³/mol. The molecule has 3 rings (SSSR count). The van der Waals surface area contributed by atoms with Crippen LogP contribution in [0.2, 0.25) is 0 Å². The monoisotopic (exact) mass is 286 g/mol. The molecule has 2 aromatic heterocycles. The van der Waals surface area contributed by atoms with Gasteiger partial charge in [-0.25, -0.2) is 0 Å². The first-order chi connectivity index (χ1) is 10.3. The predicted octanol–water partition coefficient (Wildman–Crippen LogP) is 2.55. The van der Waals surface area contributed by atoms with Crippen LogP contribution in [-0.4, -0.2) is 47.5 Å². The quantitative estimate of drug-likeness (QED) is 0.849. The number of aromatic nitrogens is 2. The number of nitrogens with one attached hydrogen (secondary N) is 2. The minimum atomic E-state index is 0.759. The molecule has 0 spiro atoms. The molecule has 0 radical (unpaired) electrons. The average Bonchev–Trinajstić information content (AvgIpc) is 3.14. The minimum absolute atomic E-state index is 0.759. The first kappa shape index (κ1) is 13.9. The number of hydrogen-bond donors (Lipinski definition) is 2. The van der Waals surface area contributed by atoms with Crippen molar-refractivity contribution in [2.24, 2.45) is 5.10 Å². The number of hydrogen-bond acceptors (Lipinski definition) is 3. The van der Waals surface area contributed by atoms with Crippen molar-refractivity contribution in [1.29, 1.82) is 0 Å². The van der Waals surface area contributed by atoms with E-state index in [1.165, 1.54) is 16.8 Å². The molecule has 0 aliphatic carbocycles. The number of rotatable bonds is 4. The van der Waals surface area contributed by atoms with Crippen LogP contribution in [0.15, 0.2) is 23.4 Å². The Bertz CT molecular complexity index is 607. The van der Waals surface area contributed by atoms with Gasteiger partial charge in [0.25, 0.3) is 0 Å². The van der Waals surface area contributed by atoms with Gasteiger partial charge in [0, 0.05) is 6.20 Å². The van der Waals surface area contributed by atoms with Crippen molar-refractivity contribution < 1.29 is 4.74 Å². The van der Waals surface area contributed by atoms with E-state index >= 15 is 0 Å². The van der Waals surface area contributed by atoms with E-state index in [1.807, 2.05) is 18.5 Å². The molecular weight excluding hydrogens is 264 g/mol. The van der Waals surface area contributed by atoms with E-state index in [1.54, 1.807) is 0 Å². The molecule has 1 aliphatic rings. The van der Waals surface area contributed by atoms with Crippen LogP contribution in [0.4, 0.5) is 0 Å². The molecule has 0 unspecified atom stereocenters. The number of morpholine rings is 1. The van der Waals surface area contributed by atoms with Crippen LogP contribution in [0.1, 0.15) is 23.7 Å². The Morgan fingerprint density at radius 2 is 2.19 bits per heavy atom. The van der Waals surface area contributed by atoms with Crippen LogP contribution in [0.25, 0.3) is 11.4 Å². The van der Waals surface area contributed by atoms with Crippen molar-refractivity contribution in [3.8, 4) is 11.4 Å². The summed E-state index contributed by atoms with van der Waals surface area (Å²) in [5.74, 6) is 0. The summed E-state index contributed by atoms with van der Waals surface area (Å²) in [4.78, 5) is 6.78. The molecule has 5 heteroatoms. The summed E-state index contributed by atoms with van der Waals surface area (Å²) in [7, 11) is 0. The Kier molecular flexibility index (Phi) is 4.10. The summed E-state index contributed by atoms with van der Waals surface area (Å²) in [6.45, 7) is 7.58.